The van der Waals surface area contributed by atoms with Gasteiger partial charge in [-0.25, -0.2) is 4.98 Å². The Bertz CT molecular complexity index is 4530. The molecule has 0 spiro atoms. The Hall–Kier alpha value is -8.31. The molecule has 1 aliphatic rings. The van der Waals surface area contributed by atoms with E-state index in [0.717, 1.165) is 116 Å². The van der Waals surface area contributed by atoms with Gasteiger partial charge in [0.25, 0.3) is 0 Å². The fraction of sp³-hybridized carbons (Fsp3) is 0.0769. The van der Waals surface area contributed by atoms with Gasteiger partial charge in [-0.15, -0.1) is 46.4 Å². The van der Waals surface area contributed by atoms with Crippen LogP contribution >= 0.6 is 0 Å². The minimum absolute atomic E-state index is 0. The van der Waals surface area contributed by atoms with Gasteiger partial charge in [-0.2, -0.15) is 0 Å². The van der Waals surface area contributed by atoms with Gasteiger partial charge < -0.3 is 13.8 Å². The first-order chi connectivity index (χ1) is 34.8. The minimum Gasteiger partial charge on any atom is -0.656 e. The van der Waals surface area contributed by atoms with Crippen LogP contribution in [0.1, 0.15) is 48.7 Å². The van der Waals surface area contributed by atoms with Crippen molar-refractivity contribution in [3.63, 3.8) is 0 Å². The van der Waals surface area contributed by atoms with Crippen molar-refractivity contribution in [2.24, 2.45) is 0 Å². The number of fused-ring (bicyclic) bond motifs is 14. The first-order valence-corrected chi connectivity index (χ1v) is 24.3. The van der Waals surface area contributed by atoms with Gasteiger partial charge in [-0.3, -0.25) is 9.55 Å². The standard InChI is InChI=1S/C65H42N4O2.Pt/c1-64(2,3)39-32-33-51-47(36-39)42-19-4-8-25-50(42)65(51,57-31-12-13-34-66-57)40-18-14-17-38(35-40)41-23-15-27-53-59(41)68-63(69(53)54-28-16-24-45-43-20-6-10-29-55(43)70-61(45)54)49-37-48-44-21-7-11-30-56(44)71-62(48)58-46-22-5-9-26-52(46)67-60(49)58;/h4-34,36-37H,1-3H3;/q-2;+2. The van der Waals surface area contributed by atoms with Crippen LogP contribution < -0.4 is 4.98 Å². The zero-order chi connectivity index (χ0) is 47.2. The van der Waals surface area contributed by atoms with E-state index in [2.05, 4.69) is 189 Å². The number of rotatable bonds is 5. The summed E-state index contributed by atoms with van der Waals surface area (Å²) in [5, 5.41) is 6.15. The van der Waals surface area contributed by atoms with Crippen molar-refractivity contribution in [3.8, 4) is 39.3 Å². The molecule has 15 rings (SSSR count). The molecule has 5 aromatic heterocycles. The molecule has 7 heteroatoms. The third kappa shape index (κ3) is 5.87. The molecule has 0 radical (unpaired) electrons. The predicted molar refractivity (Wildman–Crippen MR) is 287 cm³/mol. The summed E-state index contributed by atoms with van der Waals surface area (Å²) >= 11 is 0. The number of imidazole rings is 1. The molecule has 344 valence electrons. The van der Waals surface area contributed by atoms with Crippen molar-refractivity contribution < 1.29 is 29.9 Å². The van der Waals surface area contributed by atoms with Gasteiger partial charge in [0.05, 0.1) is 27.8 Å². The Morgan fingerprint density at radius 3 is 2.06 bits per heavy atom. The van der Waals surface area contributed by atoms with E-state index >= 15 is 0 Å². The quantitative estimate of drug-likeness (QED) is 0.161. The van der Waals surface area contributed by atoms with Crippen LogP contribution in [0.25, 0.3) is 116 Å². The molecule has 9 aromatic carbocycles. The molecule has 0 aliphatic heterocycles. The van der Waals surface area contributed by atoms with E-state index in [1.165, 1.54) is 27.8 Å². The Kier molecular flexibility index (Phi) is 9.22. The second kappa shape index (κ2) is 15.6. The van der Waals surface area contributed by atoms with E-state index in [4.69, 9.17) is 23.8 Å². The van der Waals surface area contributed by atoms with E-state index in [1.54, 1.807) is 0 Å². The van der Waals surface area contributed by atoms with E-state index in [1.807, 2.05) is 42.6 Å². The van der Waals surface area contributed by atoms with E-state index in [9.17, 15) is 0 Å². The first-order valence-electron chi connectivity index (χ1n) is 24.3. The van der Waals surface area contributed by atoms with Crippen LogP contribution in [0.4, 0.5) is 0 Å². The summed E-state index contributed by atoms with van der Waals surface area (Å²) in [6.07, 6.45) is 1.91. The molecule has 72 heavy (non-hydrogen) atoms. The van der Waals surface area contributed by atoms with Crippen LogP contribution in [-0.4, -0.2) is 14.5 Å². The fourth-order valence-corrected chi connectivity index (χ4v) is 11.8. The summed E-state index contributed by atoms with van der Waals surface area (Å²) in [6.45, 7) is 6.84. The Balaban J connectivity index is 0.00000482. The monoisotopic (exact) mass is 1110 g/mol. The minimum atomic E-state index is -0.741. The van der Waals surface area contributed by atoms with Gasteiger partial charge in [-0.05, 0) is 81.1 Å². The zero-order valence-corrected chi connectivity index (χ0v) is 41.7. The van der Waals surface area contributed by atoms with Crippen molar-refractivity contribution in [1.29, 1.82) is 0 Å². The molecule has 0 amide bonds. The number of para-hydroxylation sites is 5. The third-order valence-electron chi connectivity index (χ3n) is 15.0. The molecular weight excluding hydrogens is 1060 g/mol. The van der Waals surface area contributed by atoms with E-state index in [-0.39, 0.29) is 26.5 Å². The number of hydrogen-bond acceptors (Lipinski definition) is 4. The number of furan rings is 2. The van der Waals surface area contributed by atoms with Gasteiger partial charge in [-0.1, -0.05) is 160 Å². The Labute approximate surface area is 428 Å². The SMILES string of the molecule is CC(C)(C)c1ccc2c(c1)-c1ccccc1C2(c1[c-]c(-c2cccc3c2nc(-c2cc4c5ccccc5oc4c4c2[n-]c2ccccc24)n3-c2cccc3c2oc2ccccc23)ccc1)c1ccccn1.[Pt+2]. The van der Waals surface area contributed by atoms with Crippen LogP contribution in [0.2, 0.25) is 0 Å². The maximum absolute atomic E-state index is 6.83. The van der Waals surface area contributed by atoms with Gasteiger partial charge >= 0.3 is 21.1 Å². The van der Waals surface area contributed by atoms with Crippen LogP contribution in [0.5, 0.6) is 0 Å². The summed E-state index contributed by atoms with van der Waals surface area (Å²) in [4.78, 5) is 16.4. The number of benzene rings is 9. The van der Waals surface area contributed by atoms with Crippen molar-refractivity contribution in [1.82, 2.24) is 19.5 Å². The smallest absolute Gasteiger partial charge is 0.656 e. The summed E-state index contributed by atoms with van der Waals surface area (Å²) in [6, 6.07) is 72.7. The van der Waals surface area contributed by atoms with Gasteiger partial charge in [0.15, 0.2) is 5.58 Å². The van der Waals surface area contributed by atoms with Gasteiger partial charge in [0, 0.05) is 38.7 Å². The second-order valence-corrected chi connectivity index (χ2v) is 19.9. The Morgan fingerprint density at radius 2 is 1.24 bits per heavy atom. The van der Waals surface area contributed by atoms with Crippen molar-refractivity contribution in [2.45, 2.75) is 31.6 Å². The van der Waals surface area contributed by atoms with Gasteiger partial charge in [0.1, 0.15) is 22.6 Å². The molecule has 1 aliphatic carbocycles. The average Bonchev–Trinajstić information content (AvgIpc) is 4.23. The van der Waals surface area contributed by atoms with Gasteiger partial charge in [0.2, 0.25) is 0 Å². The van der Waals surface area contributed by atoms with Crippen LogP contribution in [0.3, 0.4) is 0 Å². The van der Waals surface area contributed by atoms with Crippen LogP contribution in [0, 0.1) is 6.07 Å². The number of hydrogen-bond donors (Lipinski definition) is 0. The van der Waals surface area contributed by atoms with Crippen molar-refractivity contribution in [2.75, 3.05) is 0 Å². The fourth-order valence-electron chi connectivity index (χ4n) is 11.8. The van der Waals surface area contributed by atoms with Crippen molar-refractivity contribution in [3.05, 3.63) is 234 Å². The zero-order valence-electron chi connectivity index (χ0n) is 39.5. The molecule has 1 unspecified atom stereocenters. The van der Waals surface area contributed by atoms with Crippen molar-refractivity contribution >= 4 is 76.7 Å². The average molecular weight is 1110 g/mol. The van der Waals surface area contributed by atoms with Crippen LogP contribution in [0.15, 0.2) is 209 Å². The molecular formula is C65H42N4O2Pt. The Morgan fingerprint density at radius 1 is 0.556 bits per heavy atom. The predicted octanol–water partition coefficient (Wildman–Crippen LogP) is 16.3. The van der Waals surface area contributed by atoms with E-state index < -0.39 is 5.41 Å². The van der Waals surface area contributed by atoms with E-state index in [0.29, 0.717) is 0 Å². The largest absolute Gasteiger partial charge is 2.00 e. The molecule has 14 aromatic rings. The maximum atomic E-state index is 6.83. The summed E-state index contributed by atoms with van der Waals surface area (Å²) in [5.41, 5.74) is 17.7. The summed E-state index contributed by atoms with van der Waals surface area (Å²) in [7, 11) is 0. The summed E-state index contributed by atoms with van der Waals surface area (Å²) in [5.74, 6) is 0.745. The molecule has 5 heterocycles. The topological polar surface area (TPSA) is 71.1 Å². The molecule has 0 bridgehead atoms. The van der Waals surface area contributed by atoms with Crippen LogP contribution in [-0.2, 0) is 31.9 Å². The number of nitrogens with zero attached hydrogens (tertiary/aromatic N) is 4. The summed E-state index contributed by atoms with van der Waals surface area (Å²) < 4.78 is 15.8. The normalized spacial score (nSPS) is 14.5. The molecule has 1 atom stereocenters. The first kappa shape index (κ1) is 42.6. The second-order valence-electron chi connectivity index (χ2n) is 19.9. The molecule has 6 nitrogen and oxygen atoms in total. The molecule has 0 N–H and O–H groups in total. The molecule has 0 saturated carbocycles. The molecule has 0 saturated heterocycles. The maximum Gasteiger partial charge on any atom is 2.00 e. The third-order valence-corrected chi connectivity index (χ3v) is 15.0. The number of pyridine rings is 1. The molecule has 0 fully saturated rings. The number of aromatic nitrogens is 4.